The van der Waals surface area contributed by atoms with Gasteiger partial charge >= 0.3 is 0 Å². The highest BCUT2D eigenvalue weighted by Gasteiger charge is 2.08. The number of fused-ring (bicyclic) bond motifs is 1. The monoisotopic (exact) mass is 428 g/mol. The van der Waals surface area contributed by atoms with Gasteiger partial charge in [0.25, 0.3) is 0 Å². The molecule has 0 saturated carbocycles. The summed E-state index contributed by atoms with van der Waals surface area (Å²) in [6.45, 7) is 6.60. The molecule has 0 aliphatic heterocycles. The van der Waals surface area contributed by atoms with Gasteiger partial charge < -0.3 is 9.80 Å². The first kappa shape index (κ1) is 25.6. The number of allylic oxidation sites excluding steroid dienone is 3. The van der Waals surface area contributed by atoms with Gasteiger partial charge in [0.1, 0.15) is 4.83 Å². The summed E-state index contributed by atoms with van der Waals surface area (Å²) in [5, 5.41) is 1.05. The molecule has 0 amide bonds. The Labute approximate surface area is 185 Å². The van der Waals surface area contributed by atoms with E-state index in [1.165, 1.54) is 16.9 Å². The zero-order valence-electron chi connectivity index (χ0n) is 19.4. The highest BCUT2D eigenvalue weighted by Crippen LogP contribution is 2.29. The number of carbonyl (C=O) groups excluding carboxylic acids is 1. The molecule has 0 aliphatic carbocycles. The van der Waals surface area contributed by atoms with E-state index in [0.717, 1.165) is 46.3 Å². The van der Waals surface area contributed by atoms with Crippen LogP contribution in [0.5, 0.6) is 0 Å². The standard InChI is InChI=1S/C14H26N2.C10H10N2OS/c1-6-8-9-10-14(7-2)11-13(3)16(5)12-15-4;1-12(2)9-3-4-11-10-8(9)5-7(6-13)14-10/h8-10,12-13H,6-7,11H2,1-5H3;3-6H,1-2H3/b9-8-,14-10+,15-12?;. The normalized spacial score (nSPS) is 12.8. The van der Waals surface area contributed by atoms with Gasteiger partial charge in [-0.15, -0.1) is 11.3 Å². The second-order valence-corrected chi connectivity index (χ2v) is 8.38. The Morgan fingerprint density at radius 3 is 2.60 bits per heavy atom. The number of rotatable bonds is 9. The number of aliphatic imine (C=N–C) groups is 1. The van der Waals surface area contributed by atoms with Crippen LogP contribution in [-0.4, -0.2) is 56.7 Å². The molecule has 6 heteroatoms. The zero-order valence-corrected chi connectivity index (χ0v) is 20.2. The maximum atomic E-state index is 10.6. The number of aldehydes is 1. The van der Waals surface area contributed by atoms with E-state index >= 15 is 0 Å². The Morgan fingerprint density at radius 2 is 2.03 bits per heavy atom. The van der Waals surface area contributed by atoms with Gasteiger partial charge in [-0.1, -0.05) is 37.6 Å². The summed E-state index contributed by atoms with van der Waals surface area (Å²) in [4.78, 5) is 24.7. The lowest BCUT2D eigenvalue weighted by Gasteiger charge is -2.23. The lowest BCUT2D eigenvalue weighted by atomic mass is 10.0. The van der Waals surface area contributed by atoms with Crippen LogP contribution in [0.1, 0.15) is 49.7 Å². The lowest BCUT2D eigenvalue weighted by Crippen LogP contribution is -2.27. The van der Waals surface area contributed by atoms with Crippen molar-refractivity contribution in [3.8, 4) is 0 Å². The molecule has 2 aromatic heterocycles. The number of hydrogen-bond donors (Lipinski definition) is 0. The van der Waals surface area contributed by atoms with Crippen LogP contribution in [0, 0.1) is 0 Å². The predicted molar refractivity (Wildman–Crippen MR) is 133 cm³/mol. The van der Waals surface area contributed by atoms with E-state index in [2.05, 4.69) is 60.9 Å². The predicted octanol–water partition coefficient (Wildman–Crippen LogP) is 5.83. The fraction of sp³-hybridized carbons (Fsp3) is 0.458. The molecule has 0 saturated heterocycles. The minimum atomic E-state index is 0.505. The van der Waals surface area contributed by atoms with E-state index < -0.39 is 0 Å². The Bertz CT molecular complexity index is 867. The van der Waals surface area contributed by atoms with E-state index in [9.17, 15) is 4.79 Å². The van der Waals surface area contributed by atoms with Crippen molar-refractivity contribution >= 4 is 39.9 Å². The second kappa shape index (κ2) is 13.7. The molecular formula is C24H36N4OS. The minimum Gasteiger partial charge on any atom is -0.377 e. The molecule has 2 rings (SSSR count). The summed E-state index contributed by atoms with van der Waals surface area (Å²) >= 11 is 1.42. The molecule has 2 aromatic rings. The van der Waals surface area contributed by atoms with Crippen molar-refractivity contribution in [2.45, 2.75) is 46.1 Å². The molecule has 30 heavy (non-hydrogen) atoms. The SMILES string of the molecule is CC/C=C\C=C(/CC)CC(C)N(C)C=NC.CN(C)c1ccnc2sc(C=O)cc12. The zero-order chi connectivity index (χ0) is 22.5. The van der Waals surface area contributed by atoms with Gasteiger partial charge in [0.2, 0.25) is 0 Å². The topological polar surface area (TPSA) is 48.8 Å². The van der Waals surface area contributed by atoms with Gasteiger partial charge in [-0.2, -0.15) is 0 Å². The summed E-state index contributed by atoms with van der Waals surface area (Å²) in [6, 6.07) is 4.34. The average molecular weight is 429 g/mol. The van der Waals surface area contributed by atoms with Crippen molar-refractivity contribution in [3.05, 3.63) is 47.0 Å². The van der Waals surface area contributed by atoms with Crippen LogP contribution in [0.3, 0.4) is 0 Å². The fourth-order valence-electron chi connectivity index (χ4n) is 2.88. The van der Waals surface area contributed by atoms with Crippen LogP contribution in [0.25, 0.3) is 10.2 Å². The van der Waals surface area contributed by atoms with Crippen LogP contribution >= 0.6 is 11.3 Å². The third kappa shape index (κ3) is 8.11. The quantitative estimate of drug-likeness (QED) is 0.218. The highest BCUT2D eigenvalue weighted by molar-refractivity contribution is 7.20. The number of nitrogens with zero attached hydrogens (tertiary/aromatic N) is 4. The first-order valence-electron chi connectivity index (χ1n) is 10.4. The molecule has 5 nitrogen and oxygen atoms in total. The molecule has 1 atom stereocenters. The number of anilines is 1. The first-order chi connectivity index (χ1) is 14.4. The number of pyridine rings is 1. The van der Waals surface area contributed by atoms with Crippen molar-refractivity contribution in [2.75, 3.05) is 33.1 Å². The summed E-state index contributed by atoms with van der Waals surface area (Å²) in [5.74, 6) is 0. The molecule has 164 valence electrons. The molecule has 1 unspecified atom stereocenters. The van der Waals surface area contributed by atoms with Gasteiger partial charge in [0.15, 0.2) is 6.29 Å². The molecule has 0 fully saturated rings. The highest BCUT2D eigenvalue weighted by atomic mass is 32.1. The molecule has 0 aromatic carbocycles. The van der Waals surface area contributed by atoms with Crippen LogP contribution in [0.2, 0.25) is 0 Å². The summed E-state index contributed by atoms with van der Waals surface area (Å²) < 4.78 is 0. The second-order valence-electron chi connectivity index (χ2n) is 7.32. The Morgan fingerprint density at radius 1 is 1.30 bits per heavy atom. The molecule has 0 N–H and O–H groups in total. The third-order valence-corrected chi connectivity index (χ3v) is 5.71. The first-order valence-corrected chi connectivity index (χ1v) is 11.2. The molecule has 2 heterocycles. The van der Waals surface area contributed by atoms with Crippen LogP contribution < -0.4 is 4.90 Å². The van der Waals surface area contributed by atoms with Crippen molar-refractivity contribution in [2.24, 2.45) is 4.99 Å². The largest absolute Gasteiger partial charge is 0.377 e. The Balaban J connectivity index is 0.000000301. The van der Waals surface area contributed by atoms with Crippen molar-refractivity contribution in [3.63, 3.8) is 0 Å². The van der Waals surface area contributed by atoms with E-state index in [1.54, 1.807) is 6.20 Å². The Hall–Kier alpha value is -2.47. The van der Waals surface area contributed by atoms with Gasteiger partial charge in [-0.25, -0.2) is 4.98 Å². The number of thiophene rings is 1. The summed E-state index contributed by atoms with van der Waals surface area (Å²) in [6.07, 6.45) is 14.5. The Kier molecular flexibility index (Phi) is 11.7. The van der Waals surface area contributed by atoms with Gasteiger partial charge in [0, 0.05) is 51.5 Å². The lowest BCUT2D eigenvalue weighted by molar-refractivity contribution is 0.112. The van der Waals surface area contributed by atoms with Crippen LogP contribution in [0.15, 0.2) is 47.1 Å². The van der Waals surface area contributed by atoms with E-state index in [4.69, 9.17) is 0 Å². The van der Waals surface area contributed by atoms with E-state index in [1.807, 2.05) is 44.5 Å². The summed E-state index contributed by atoms with van der Waals surface area (Å²) in [5.41, 5.74) is 2.59. The maximum Gasteiger partial charge on any atom is 0.160 e. The van der Waals surface area contributed by atoms with Crippen LogP contribution in [-0.2, 0) is 0 Å². The van der Waals surface area contributed by atoms with Crippen LogP contribution in [0.4, 0.5) is 5.69 Å². The van der Waals surface area contributed by atoms with Crippen molar-refractivity contribution in [1.29, 1.82) is 0 Å². The van der Waals surface area contributed by atoms with Gasteiger partial charge in [0.05, 0.1) is 11.2 Å². The number of hydrogen-bond acceptors (Lipinski definition) is 5. The molecular weight excluding hydrogens is 392 g/mol. The van der Waals surface area contributed by atoms with E-state index in [0.29, 0.717) is 6.04 Å². The number of aromatic nitrogens is 1. The molecule has 0 radical (unpaired) electrons. The minimum absolute atomic E-state index is 0.505. The number of carbonyl (C=O) groups is 1. The van der Waals surface area contributed by atoms with Gasteiger partial charge in [-0.3, -0.25) is 9.79 Å². The maximum absolute atomic E-state index is 10.6. The third-order valence-electron chi connectivity index (χ3n) is 4.74. The van der Waals surface area contributed by atoms with Gasteiger partial charge in [-0.05, 0) is 38.3 Å². The smallest absolute Gasteiger partial charge is 0.160 e. The van der Waals surface area contributed by atoms with E-state index in [-0.39, 0.29) is 0 Å². The molecule has 0 aliphatic rings. The molecule has 0 bridgehead atoms. The van der Waals surface area contributed by atoms with Crippen molar-refractivity contribution < 1.29 is 4.79 Å². The average Bonchev–Trinajstić information content (AvgIpc) is 3.17. The molecule has 0 spiro atoms. The summed E-state index contributed by atoms with van der Waals surface area (Å²) in [7, 11) is 7.84. The fourth-order valence-corrected chi connectivity index (χ4v) is 3.72. The van der Waals surface area contributed by atoms with Crippen molar-refractivity contribution in [1.82, 2.24) is 9.88 Å².